The number of nitrogens with zero attached hydrogens (tertiary/aromatic N) is 2. The first-order chi connectivity index (χ1) is 14.5. The molecule has 0 spiro atoms. The van der Waals surface area contributed by atoms with Gasteiger partial charge >= 0.3 is 7.71 Å². The lowest BCUT2D eigenvalue weighted by atomic mass is 9.90. The second-order valence-corrected chi connectivity index (χ2v) is 15.1. The number of hydrogen-bond acceptors (Lipinski definition) is 2. The third kappa shape index (κ3) is 4.82. The van der Waals surface area contributed by atoms with E-state index in [2.05, 4.69) is 109 Å². The predicted octanol–water partition coefficient (Wildman–Crippen LogP) is 7.59. The quantitative estimate of drug-likeness (QED) is 0.201. The Hall–Kier alpha value is -0.433. The second kappa shape index (κ2) is 10.0. The maximum Gasteiger partial charge on any atom is 0.312 e. The van der Waals surface area contributed by atoms with Crippen LogP contribution >= 0.6 is 42.9 Å². The van der Waals surface area contributed by atoms with Gasteiger partial charge in [-0.1, -0.05) is 81.1 Å². The summed E-state index contributed by atoms with van der Waals surface area (Å²) in [6, 6.07) is 19.6. The van der Waals surface area contributed by atoms with Crippen molar-refractivity contribution in [2.45, 2.75) is 63.8 Å². The molecule has 0 aromatic heterocycles. The summed E-state index contributed by atoms with van der Waals surface area (Å²) in [4.78, 5) is 0. The molecule has 0 radical (unpaired) electrons. The molecule has 1 saturated heterocycles. The highest BCUT2D eigenvalue weighted by Gasteiger charge is 2.58. The average molecular weight is 569 g/mol. The van der Waals surface area contributed by atoms with Crippen LogP contribution < -0.4 is 0 Å². The highest BCUT2D eigenvalue weighted by atomic mass is 79.9. The van der Waals surface area contributed by atoms with Gasteiger partial charge in [0.2, 0.25) is 0 Å². The van der Waals surface area contributed by atoms with E-state index in [1.165, 1.54) is 36.8 Å². The minimum absolute atomic E-state index is 0.562. The number of hydrogen-bond donors (Lipinski definition) is 0. The van der Waals surface area contributed by atoms with Crippen LogP contribution in [-0.4, -0.2) is 28.9 Å². The Bertz CT molecular complexity index is 808. The summed E-state index contributed by atoms with van der Waals surface area (Å²) in [7, 11) is -2.36. The Balaban J connectivity index is 1.69. The molecule has 160 valence electrons. The zero-order valence-electron chi connectivity index (χ0n) is 17.4. The molecular formula is C24H29Br2ClN2Si. The first-order valence-electron chi connectivity index (χ1n) is 10.8. The van der Waals surface area contributed by atoms with Crippen LogP contribution in [0.1, 0.15) is 43.7 Å². The van der Waals surface area contributed by atoms with Crippen LogP contribution in [0.15, 0.2) is 69.6 Å². The molecule has 2 fully saturated rings. The van der Waals surface area contributed by atoms with Crippen LogP contribution in [0.25, 0.3) is 0 Å². The number of rotatable bonds is 6. The van der Waals surface area contributed by atoms with Crippen LogP contribution in [0.2, 0.25) is 6.04 Å². The van der Waals surface area contributed by atoms with Crippen molar-refractivity contribution in [2.75, 3.05) is 0 Å². The van der Waals surface area contributed by atoms with E-state index in [9.17, 15) is 0 Å². The van der Waals surface area contributed by atoms with Gasteiger partial charge in [-0.15, -0.1) is 11.1 Å². The van der Waals surface area contributed by atoms with Crippen LogP contribution in [0.5, 0.6) is 0 Å². The molecule has 0 unspecified atom stereocenters. The molecule has 0 bridgehead atoms. The van der Waals surface area contributed by atoms with Crippen molar-refractivity contribution in [2.24, 2.45) is 0 Å². The van der Waals surface area contributed by atoms with E-state index in [1.54, 1.807) is 0 Å². The lowest BCUT2D eigenvalue weighted by Gasteiger charge is -2.37. The fourth-order valence-corrected chi connectivity index (χ4v) is 10.8. The largest absolute Gasteiger partial charge is 0.312 e. The number of fused-ring (bicyclic) bond motifs is 1. The summed E-state index contributed by atoms with van der Waals surface area (Å²) in [6.07, 6.45) is 9.60. The second-order valence-electron chi connectivity index (χ2n) is 8.42. The molecule has 30 heavy (non-hydrogen) atoms. The normalized spacial score (nSPS) is 24.4. The molecule has 1 aliphatic heterocycles. The minimum Gasteiger partial charge on any atom is -0.291 e. The van der Waals surface area contributed by atoms with E-state index < -0.39 is 7.71 Å². The monoisotopic (exact) mass is 566 g/mol. The van der Waals surface area contributed by atoms with Crippen molar-refractivity contribution in [1.82, 2.24) is 9.13 Å². The van der Waals surface area contributed by atoms with Gasteiger partial charge in [-0.3, -0.25) is 9.13 Å². The number of benzene rings is 2. The first-order valence-corrected chi connectivity index (χ1v) is 15.5. The summed E-state index contributed by atoms with van der Waals surface area (Å²) in [5, 5.41) is 0. The fourth-order valence-electron chi connectivity index (χ4n) is 5.04. The summed E-state index contributed by atoms with van der Waals surface area (Å²) < 4.78 is 7.70. The Morgan fingerprint density at radius 1 is 0.867 bits per heavy atom. The molecule has 1 saturated carbocycles. The van der Waals surface area contributed by atoms with E-state index in [1.807, 2.05) is 0 Å². The molecular weight excluding hydrogens is 540 g/mol. The van der Waals surface area contributed by atoms with Crippen LogP contribution in [0.3, 0.4) is 0 Å². The summed E-state index contributed by atoms with van der Waals surface area (Å²) in [6.45, 7) is 3.99. The summed E-state index contributed by atoms with van der Waals surface area (Å²) in [5.74, 6) is 0. The van der Waals surface area contributed by atoms with Gasteiger partial charge in [-0.2, -0.15) is 0 Å². The fraction of sp³-hybridized carbons (Fsp3) is 0.417. The molecule has 1 heterocycles. The molecule has 0 amide bonds. The van der Waals surface area contributed by atoms with E-state index in [4.69, 9.17) is 11.1 Å². The average Bonchev–Trinajstić information content (AvgIpc) is 2.98. The third-order valence-corrected chi connectivity index (χ3v) is 12.8. The summed E-state index contributed by atoms with van der Waals surface area (Å²) >= 11 is 14.9. The maximum absolute atomic E-state index is 7.74. The van der Waals surface area contributed by atoms with Crippen LogP contribution in [-0.2, 0) is 13.1 Å². The van der Waals surface area contributed by atoms with E-state index in [0.29, 0.717) is 12.1 Å². The minimum atomic E-state index is -2.36. The Kier molecular flexibility index (Phi) is 7.59. The number of allylic oxidation sites excluding steroid dienone is 2. The summed E-state index contributed by atoms with van der Waals surface area (Å²) in [5.41, 5.74) is 2.71. The molecule has 2 aliphatic rings. The molecule has 2 aromatic rings. The van der Waals surface area contributed by atoms with Gasteiger partial charge in [0, 0.05) is 40.2 Å². The van der Waals surface area contributed by atoms with Gasteiger partial charge < -0.3 is 0 Å². The van der Waals surface area contributed by atoms with Crippen molar-refractivity contribution in [3.8, 4) is 0 Å². The van der Waals surface area contributed by atoms with Gasteiger partial charge in [0.1, 0.15) is 0 Å². The molecule has 1 aliphatic carbocycles. The van der Waals surface area contributed by atoms with Gasteiger partial charge in [0.25, 0.3) is 0 Å². The van der Waals surface area contributed by atoms with Crippen LogP contribution in [0, 0.1) is 0 Å². The Morgan fingerprint density at radius 2 is 1.30 bits per heavy atom. The molecule has 0 N–H and O–H groups in total. The van der Waals surface area contributed by atoms with Crippen LogP contribution in [0.4, 0.5) is 0 Å². The Labute approximate surface area is 203 Å². The SMILES string of the molecule is C/C=C/C[Si]1(Cl)N(Cc2ccc(Br)cc2)[C@@H]2CCCC[C@H]2N1Cc1ccc(Br)cc1. The number of halogens is 3. The van der Waals surface area contributed by atoms with E-state index >= 15 is 0 Å². The zero-order valence-corrected chi connectivity index (χ0v) is 22.3. The van der Waals surface area contributed by atoms with Gasteiger partial charge in [-0.05, 0) is 55.2 Å². The van der Waals surface area contributed by atoms with Gasteiger partial charge in [0.15, 0.2) is 0 Å². The van der Waals surface area contributed by atoms with Gasteiger partial charge in [0.05, 0.1) is 0 Å². The molecule has 2 atom stereocenters. The topological polar surface area (TPSA) is 6.48 Å². The Morgan fingerprint density at radius 3 is 1.70 bits per heavy atom. The molecule has 2 nitrogen and oxygen atoms in total. The maximum atomic E-state index is 7.74. The van der Waals surface area contributed by atoms with Crippen molar-refractivity contribution in [3.63, 3.8) is 0 Å². The van der Waals surface area contributed by atoms with Crippen molar-refractivity contribution in [3.05, 3.63) is 80.8 Å². The highest BCUT2D eigenvalue weighted by Crippen LogP contribution is 2.45. The smallest absolute Gasteiger partial charge is 0.291 e. The van der Waals surface area contributed by atoms with Gasteiger partial charge in [-0.25, -0.2) is 0 Å². The third-order valence-electron chi connectivity index (χ3n) is 6.52. The standard InChI is InChI=1S/C24H29Br2ClN2Si/c1-2-3-16-30(27)28(17-19-8-12-21(25)13-9-19)23-6-4-5-7-24(23)29(30)18-20-10-14-22(26)15-11-20/h2-3,8-15,23-24H,4-7,16-18H2,1H3/b3-2+/t23-,24-/m1/s1. The first kappa shape index (κ1) is 22.7. The van der Waals surface area contributed by atoms with Crippen molar-refractivity contribution in [1.29, 1.82) is 0 Å². The van der Waals surface area contributed by atoms with Crippen molar-refractivity contribution >= 4 is 50.6 Å². The zero-order chi connectivity index (χ0) is 21.1. The molecule has 2 aromatic carbocycles. The molecule has 6 heteroatoms. The lowest BCUT2D eigenvalue weighted by Crippen LogP contribution is -2.55. The lowest BCUT2D eigenvalue weighted by molar-refractivity contribution is 0.197. The van der Waals surface area contributed by atoms with E-state index in [0.717, 1.165) is 28.1 Å². The highest BCUT2D eigenvalue weighted by molar-refractivity contribution is 9.10. The predicted molar refractivity (Wildman–Crippen MR) is 137 cm³/mol. The molecule has 4 rings (SSSR count). The van der Waals surface area contributed by atoms with E-state index in [-0.39, 0.29) is 0 Å². The van der Waals surface area contributed by atoms with Crippen molar-refractivity contribution < 1.29 is 0 Å².